The SMILES string of the molecule is CCNC(CCc1ccc2c(c1)CCO2)COC(C)(C)C. The topological polar surface area (TPSA) is 30.5 Å². The molecule has 0 bridgehead atoms. The molecule has 3 heteroatoms. The van der Waals surface area contributed by atoms with Crippen molar-refractivity contribution in [3.05, 3.63) is 29.3 Å². The molecule has 1 aromatic rings. The van der Waals surface area contributed by atoms with E-state index in [2.05, 4.69) is 51.2 Å². The Morgan fingerprint density at radius 2 is 2.14 bits per heavy atom. The van der Waals surface area contributed by atoms with Crippen molar-refractivity contribution in [3.63, 3.8) is 0 Å². The minimum Gasteiger partial charge on any atom is -0.493 e. The number of fused-ring (bicyclic) bond motifs is 1. The van der Waals surface area contributed by atoms with E-state index < -0.39 is 0 Å². The Balaban J connectivity index is 1.86. The summed E-state index contributed by atoms with van der Waals surface area (Å²) in [6, 6.07) is 7.03. The first-order valence-electron chi connectivity index (χ1n) is 8.10. The summed E-state index contributed by atoms with van der Waals surface area (Å²) in [6.45, 7) is 11.1. The predicted molar refractivity (Wildman–Crippen MR) is 87.1 cm³/mol. The Hall–Kier alpha value is -1.06. The van der Waals surface area contributed by atoms with Crippen LogP contribution in [0.3, 0.4) is 0 Å². The molecule has 118 valence electrons. The van der Waals surface area contributed by atoms with Gasteiger partial charge in [0, 0.05) is 12.5 Å². The van der Waals surface area contributed by atoms with E-state index in [1.165, 1.54) is 11.1 Å². The van der Waals surface area contributed by atoms with Gasteiger partial charge in [0.1, 0.15) is 5.75 Å². The van der Waals surface area contributed by atoms with E-state index in [0.29, 0.717) is 6.04 Å². The summed E-state index contributed by atoms with van der Waals surface area (Å²) in [5.74, 6) is 1.07. The van der Waals surface area contributed by atoms with Gasteiger partial charge in [-0.25, -0.2) is 0 Å². The molecule has 0 aromatic heterocycles. The average Bonchev–Trinajstić information content (AvgIpc) is 2.88. The van der Waals surface area contributed by atoms with E-state index in [1.807, 2.05) is 0 Å². The molecule has 0 fully saturated rings. The van der Waals surface area contributed by atoms with Crippen LogP contribution in [0.5, 0.6) is 5.75 Å². The second kappa shape index (κ2) is 7.28. The number of nitrogens with one attached hydrogen (secondary N) is 1. The van der Waals surface area contributed by atoms with Gasteiger partial charge in [0.05, 0.1) is 18.8 Å². The number of hydrogen-bond donors (Lipinski definition) is 1. The number of benzene rings is 1. The van der Waals surface area contributed by atoms with Crippen molar-refractivity contribution in [1.82, 2.24) is 5.32 Å². The molecule has 1 aromatic carbocycles. The quantitative estimate of drug-likeness (QED) is 0.835. The Morgan fingerprint density at radius 1 is 1.33 bits per heavy atom. The molecule has 1 N–H and O–H groups in total. The largest absolute Gasteiger partial charge is 0.493 e. The van der Waals surface area contributed by atoms with E-state index in [4.69, 9.17) is 9.47 Å². The maximum atomic E-state index is 5.92. The average molecular weight is 291 g/mol. The maximum Gasteiger partial charge on any atom is 0.122 e. The van der Waals surface area contributed by atoms with E-state index in [0.717, 1.165) is 44.8 Å². The maximum absolute atomic E-state index is 5.92. The summed E-state index contributed by atoms with van der Waals surface area (Å²) in [7, 11) is 0. The molecule has 1 aliphatic rings. The first kappa shape index (κ1) is 16.3. The standard InChI is InChI=1S/C18H29NO2/c1-5-19-16(13-21-18(2,3)4)8-6-14-7-9-17-15(12-14)10-11-20-17/h7,9,12,16,19H,5-6,8,10-11,13H2,1-4H3. The van der Waals surface area contributed by atoms with Crippen LogP contribution < -0.4 is 10.1 Å². The van der Waals surface area contributed by atoms with Crippen LogP contribution in [0, 0.1) is 0 Å². The van der Waals surface area contributed by atoms with Crippen molar-refractivity contribution in [2.45, 2.75) is 58.6 Å². The molecule has 0 saturated heterocycles. The highest BCUT2D eigenvalue weighted by Crippen LogP contribution is 2.26. The van der Waals surface area contributed by atoms with Crippen LogP contribution in [0.15, 0.2) is 18.2 Å². The Morgan fingerprint density at radius 3 is 2.86 bits per heavy atom. The van der Waals surface area contributed by atoms with Crippen molar-refractivity contribution in [3.8, 4) is 5.75 Å². The molecule has 1 heterocycles. The molecular weight excluding hydrogens is 262 g/mol. The zero-order chi connectivity index (χ0) is 15.3. The molecule has 0 amide bonds. The van der Waals surface area contributed by atoms with Gasteiger partial charge in [-0.3, -0.25) is 0 Å². The van der Waals surface area contributed by atoms with E-state index in [-0.39, 0.29) is 5.60 Å². The van der Waals surface area contributed by atoms with Gasteiger partial charge < -0.3 is 14.8 Å². The zero-order valence-corrected chi connectivity index (χ0v) is 13.9. The van der Waals surface area contributed by atoms with E-state index in [9.17, 15) is 0 Å². The van der Waals surface area contributed by atoms with Gasteiger partial charge in [0.15, 0.2) is 0 Å². The summed E-state index contributed by atoms with van der Waals surface area (Å²) >= 11 is 0. The van der Waals surface area contributed by atoms with E-state index >= 15 is 0 Å². The minimum absolute atomic E-state index is 0.0709. The summed E-state index contributed by atoms with van der Waals surface area (Å²) in [5, 5.41) is 3.53. The second-order valence-corrected chi connectivity index (χ2v) is 6.76. The van der Waals surface area contributed by atoms with E-state index in [1.54, 1.807) is 0 Å². The minimum atomic E-state index is -0.0709. The lowest BCUT2D eigenvalue weighted by atomic mass is 10.0. The molecule has 0 radical (unpaired) electrons. The van der Waals surface area contributed by atoms with Gasteiger partial charge in [0.2, 0.25) is 0 Å². The summed E-state index contributed by atoms with van der Waals surface area (Å²) < 4.78 is 11.5. The number of aryl methyl sites for hydroxylation is 1. The smallest absolute Gasteiger partial charge is 0.122 e. The highest BCUT2D eigenvalue weighted by atomic mass is 16.5. The van der Waals surface area contributed by atoms with Crippen LogP contribution in [0.2, 0.25) is 0 Å². The normalized spacial score (nSPS) is 15.6. The summed E-state index contributed by atoms with van der Waals surface area (Å²) in [6.07, 6.45) is 3.23. The summed E-state index contributed by atoms with van der Waals surface area (Å²) in [4.78, 5) is 0. The molecule has 1 aliphatic heterocycles. The van der Waals surface area contributed by atoms with Crippen LogP contribution >= 0.6 is 0 Å². The lowest BCUT2D eigenvalue weighted by Crippen LogP contribution is -2.36. The first-order valence-corrected chi connectivity index (χ1v) is 8.10. The zero-order valence-electron chi connectivity index (χ0n) is 13.9. The fourth-order valence-electron chi connectivity index (χ4n) is 2.62. The van der Waals surface area contributed by atoms with Gasteiger partial charge >= 0.3 is 0 Å². The van der Waals surface area contributed by atoms with Crippen molar-refractivity contribution < 1.29 is 9.47 Å². The van der Waals surface area contributed by atoms with Crippen LogP contribution in [0.4, 0.5) is 0 Å². The first-order chi connectivity index (χ1) is 9.98. The van der Waals surface area contributed by atoms with Crippen LogP contribution in [0.25, 0.3) is 0 Å². The lowest BCUT2D eigenvalue weighted by Gasteiger charge is -2.25. The third-order valence-corrected chi connectivity index (χ3v) is 3.75. The Kier molecular flexibility index (Phi) is 5.65. The molecular formula is C18H29NO2. The van der Waals surface area contributed by atoms with Crippen LogP contribution in [-0.2, 0) is 17.6 Å². The van der Waals surface area contributed by atoms with Gasteiger partial charge in [-0.05, 0) is 57.4 Å². The van der Waals surface area contributed by atoms with Crippen LogP contribution in [0.1, 0.15) is 45.2 Å². The number of rotatable bonds is 7. The molecule has 1 unspecified atom stereocenters. The van der Waals surface area contributed by atoms with Gasteiger partial charge in [-0.2, -0.15) is 0 Å². The third-order valence-electron chi connectivity index (χ3n) is 3.75. The van der Waals surface area contributed by atoms with Crippen molar-refractivity contribution in [2.24, 2.45) is 0 Å². The third kappa shape index (κ3) is 5.33. The molecule has 3 nitrogen and oxygen atoms in total. The van der Waals surface area contributed by atoms with Crippen molar-refractivity contribution >= 4 is 0 Å². The highest BCUT2D eigenvalue weighted by molar-refractivity contribution is 5.39. The Bertz CT molecular complexity index is 451. The fraction of sp³-hybridized carbons (Fsp3) is 0.667. The highest BCUT2D eigenvalue weighted by Gasteiger charge is 2.16. The predicted octanol–water partition coefficient (Wildman–Crippen LogP) is 3.35. The molecule has 0 saturated carbocycles. The number of hydrogen-bond acceptors (Lipinski definition) is 3. The van der Waals surface area contributed by atoms with Gasteiger partial charge in [-0.15, -0.1) is 0 Å². The summed E-state index contributed by atoms with van der Waals surface area (Å²) in [5.41, 5.74) is 2.69. The second-order valence-electron chi connectivity index (χ2n) is 6.76. The molecule has 2 rings (SSSR count). The number of ether oxygens (including phenoxy) is 2. The van der Waals surface area contributed by atoms with Gasteiger partial charge in [0.25, 0.3) is 0 Å². The molecule has 0 aliphatic carbocycles. The fourth-order valence-corrected chi connectivity index (χ4v) is 2.62. The van der Waals surface area contributed by atoms with Crippen molar-refractivity contribution in [2.75, 3.05) is 19.8 Å². The van der Waals surface area contributed by atoms with Gasteiger partial charge in [-0.1, -0.05) is 19.1 Å². The van der Waals surface area contributed by atoms with Crippen molar-refractivity contribution in [1.29, 1.82) is 0 Å². The lowest BCUT2D eigenvalue weighted by molar-refractivity contribution is -0.0151. The van der Waals surface area contributed by atoms with Crippen LogP contribution in [-0.4, -0.2) is 31.4 Å². The number of likely N-dealkylation sites (N-methyl/N-ethyl adjacent to an activating group) is 1. The molecule has 21 heavy (non-hydrogen) atoms. The monoisotopic (exact) mass is 291 g/mol. The Labute approximate surface area is 129 Å². The molecule has 1 atom stereocenters. The molecule has 0 spiro atoms.